The van der Waals surface area contributed by atoms with Crippen molar-refractivity contribution in [3.63, 3.8) is 0 Å². The molecule has 1 aromatic heterocycles. The van der Waals surface area contributed by atoms with Gasteiger partial charge in [0, 0.05) is 6.04 Å². The third-order valence-electron chi connectivity index (χ3n) is 3.90. The van der Waals surface area contributed by atoms with Gasteiger partial charge in [0.25, 0.3) is 0 Å². The molecule has 122 valence electrons. The summed E-state index contributed by atoms with van der Waals surface area (Å²) in [5.74, 6) is 0.290. The lowest BCUT2D eigenvalue weighted by atomic mass is 9.95. The van der Waals surface area contributed by atoms with Crippen LogP contribution >= 0.6 is 11.8 Å². The maximum atomic E-state index is 13.7. The summed E-state index contributed by atoms with van der Waals surface area (Å²) in [4.78, 5) is 16.2. The monoisotopic (exact) mass is 334 g/mol. The van der Waals surface area contributed by atoms with Gasteiger partial charge in [-0.3, -0.25) is 9.89 Å². The first-order valence-corrected chi connectivity index (χ1v) is 8.80. The van der Waals surface area contributed by atoms with Gasteiger partial charge in [-0.25, -0.2) is 9.37 Å². The molecule has 23 heavy (non-hydrogen) atoms. The Labute approximate surface area is 138 Å². The van der Waals surface area contributed by atoms with E-state index in [2.05, 4.69) is 20.5 Å². The van der Waals surface area contributed by atoms with Gasteiger partial charge in [-0.15, -0.1) is 5.10 Å². The Kier molecular flexibility index (Phi) is 5.27. The van der Waals surface area contributed by atoms with Gasteiger partial charge in [-0.1, -0.05) is 43.2 Å². The maximum Gasteiger partial charge on any atom is 0.230 e. The second kappa shape index (κ2) is 7.59. The molecule has 0 aliphatic heterocycles. The van der Waals surface area contributed by atoms with Crippen molar-refractivity contribution in [2.75, 3.05) is 5.75 Å². The summed E-state index contributed by atoms with van der Waals surface area (Å²) >= 11 is 1.25. The highest BCUT2D eigenvalue weighted by Gasteiger charge is 2.16. The lowest BCUT2D eigenvalue weighted by Gasteiger charge is -2.22. The van der Waals surface area contributed by atoms with Crippen LogP contribution in [-0.4, -0.2) is 32.9 Å². The third-order valence-corrected chi connectivity index (χ3v) is 4.74. The molecule has 1 saturated carbocycles. The fourth-order valence-electron chi connectivity index (χ4n) is 2.73. The SMILES string of the molecule is O=C(CSc1n[nH]c(-c2ccccc2F)n1)NC1CCCCC1. The molecule has 1 aliphatic rings. The number of nitrogens with zero attached hydrogens (tertiary/aromatic N) is 2. The average Bonchev–Trinajstić information content (AvgIpc) is 3.03. The summed E-state index contributed by atoms with van der Waals surface area (Å²) in [5.41, 5.74) is 0.374. The van der Waals surface area contributed by atoms with Gasteiger partial charge < -0.3 is 5.32 Å². The minimum atomic E-state index is -0.352. The van der Waals surface area contributed by atoms with Gasteiger partial charge in [0.05, 0.1) is 11.3 Å². The highest BCUT2D eigenvalue weighted by Crippen LogP contribution is 2.22. The molecule has 3 rings (SSSR count). The van der Waals surface area contributed by atoms with Crippen molar-refractivity contribution in [1.82, 2.24) is 20.5 Å². The third kappa shape index (κ3) is 4.31. The van der Waals surface area contributed by atoms with Crippen molar-refractivity contribution < 1.29 is 9.18 Å². The number of carbonyl (C=O) groups excluding carboxylic acids is 1. The summed E-state index contributed by atoms with van der Waals surface area (Å²) in [5, 5.41) is 10.2. The highest BCUT2D eigenvalue weighted by atomic mass is 32.2. The molecule has 2 aromatic rings. The minimum absolute atomic E-state index is 0.000795. The molecule has 5 nitrogen and oxygen atoms in total. The van der Waals surface area contributed by atoms with E-state index in [0.717, 1.165) is 12.8 Å². The Morgan fingerprint density at radius 3 is 2.87 bits per heavy atom. The highest BCUT2D eigenvalue weighted by molar-refractivity contribution is 7.99. The molecule has 1 amide bonds. The molecule has 0 spiro atoms. The zero-order chi connectivity index (χ0) is 16.1. The van der Waals surface area contributed by atoms with Crippen LogP contribution in [0.1, 0.15) is 32.1 Å². The van der Waals surface area contributed by atoms with Gasteiger partial charge >= 0.3 is 0 Å². The van der Waals surface area contributed by atoms with Crippen LogP contribution in [-0.2, 0) is 4.79 Å². The number of hydrogen-bond donors (Lipinski definition) is 2. The Hall–Kier alpha value is -1.89. The smallest absolute Gasteiger partial charge is 0.230 e. The number of hydrogen-bond acceptors (Lipinski definition) is 4. The minimum Gasteiger partial charge on any atom is -0.353 e. The van der Waals surface area contributed by atoms with E-state index >= 15 is 0 Å². The molecule has 0 radical (unpaired) electrons. The number of rotatable bonds is 5. The summed E-state index contributed by atoms with van der Waals surface area (Å²) in [6, 6.07) is 6.69. The Bertz CT molecular complexity index is 670. The van der Waals surface area contributed by atoms with Crippen molar-refractivity contribution in [3.05, 3.63) is 30.1 Å². The van der Waals surface area contributed by atoms with E-state index in [0.29, 0.717) is 22.6 Å². The van der Waals surface area contributed by atoms with Crippen molar-refractivity contribution in [2.45, 2.75) is 43.3 Å². The quantitative estimate of drug-likeness (QED) is 0.824. The molecule has 1 heterocycles. The zero-order valence-corrected chi connectivity index (χ0v) is 13.5. The van der Waals surface area contributed by atoms with E-state index in [1.165, 1.54) is 37.1 Å². The first-order chi connectivity index (χ1) is 11.2. The van der Waals surface area contributed by atoms with Crippen molar-refractivity contribution in [1.29, 1.82) is 0 Å². The number of amides is 1. The van der Waals surface area contributed by atoms with E-state index < -0.39 is 0 Å². The van der Waals surface area contributed by atoms with Crippen LogP contribution in [0.15, 0.2) is 29.4 Å². The van der Waals surface area contributed by atoms with E-state index in [1.807, 2.05) is 0 Å². The summed E-state index contributed by atoms with van der Waals surface area (Å²) < 4.78 is 13.7. The lowest BCUT2D eigenvalue weighted by Crippen LogP contribution is -2.37. The van der Waals surface area contributed by atoms with Crippen LogP contribution in [0.25, 0.3) is 11.4 Å². The molecular weight excluding hydrogens is 315 g/mol. The van der Waals surface area contributed by atoms with Gasteiger partial charge in [0.2, 0.25) is 11.1 Å². The van der Waals surface area contributed by atoms with Gasteiger partial charge in [-0.2, -0.15) is 0 Å². The number of nitrogens with one attached hydrogen (secondary N) is 2. The zero-order valence-electron chi connectivity index (χ0n) is 12.7. The van der Waals surface area contributed by atoms with Crippen LogP contribution in [0.2, 0.25) is 0 Å². The molecule has 1 fully saturated rings. The number of benzene rings is 1. The molecule has 2 N–H and O–H groups in total. The Balaban J connectivity index is 1.53. The molecule has 1 aromatic carbocycles. The molecule has 0 saturated heterocycles. The van der Waals surface area contributed by atoms with Crippen LogP contribution in [0.3, 0.4) is 0 Å². The molecule has 1 aliphatic carbocycles. The number of aromatic amines is 1. The van der Waals surface area contributed by atoms with Crippen LogP contribution < -0.4 is 5.32 Å². The van der Waals surface area contributed by atoms with Gasteiger partial charge in [0.15, 0.2) is 5.82 Å². The molecular formula is C16H19FN4OS. The standard InChI is InChI=1S/C16H19FN4OS/c17-13-9-5-4-8-12(13)15-19-16(21-20-15)23-10-14(22)18-11-6-2-1-3-7-11/h4-5,8-9,11H,1-3,6-7,10H2,(H,18,22)(H,19,20,21). The van der Waals surface area contributed by atoms with Gasteiger partial charge in [-0.05, 0) is 25.0 Å². The second-order valence-corrected chi connectivity index (χ2v) is 6.58. The average molecular weight is 334 g/mol. The van der Waals surface area contributed by atoms with Crippen molar-refractivity contribution >= 4 is 17.7 Å². The Morgan fingerprint density at radius 2 is 2.09 bits per heavy atom. The van der Waals surface area contributed by atoms with Crippen LogP contribution in [0.5, 0.6) is 0 Å². The van der Waals surface area contributed by atoms with Crippen molar-refractivity contribution in [2.24, 2.45) is 0 Å². The number of thioether (sulfide) groups is 1. The first-order valence-electron chi connectivity index (χ1n) is 7.82. The number of H-pyrrole nitrogens is 1. The summed E-state index contributed by atoms with van der Waals surface area (Å²) in [6.45, 7) is 0. The lowest BCUT2D eigenvalue weighted by molar-refractivity contribution is -0.119. The summed E-state index contributed by atoms with van der Waals surface area (Å²) in [7, 11) is 0. The predicted octanol–water partition coefficient (Wildman–Crippen LogP) is 3.15. The summed E-state index contributed by atoms with van der Waals surface area (Å²) in [6.07, 6.45) is 5.76. The van der Waals surface area contributed by atoms with Crippen LogP contribution in [0, 0.1) is 5.82 Å². The van der Waals surface area contributed by atoms with Crippen LogP contribution in [0.4, 0.5) is 4.39 Å². The van der Waals surface area contributed by atoms with E-state index in [1.54, 1.807) is 18.2 Å². The number of carbonyl (C=O) groups is 1. The fraction of sp³-hybridized carbons (Fsp3) is 0.438. The molecule has 0 atom stereocenters. The largest absolute Gasteiger partial charge is 0.353 e. The second-order valence-electron chi connectivity index (χ2n) is 5.64. The molecule has 7 heteroatoms. The molecule has 0 bridgehead atoms. The molecule has 0 unspecified atom stereocenters. The maximum absolute atomic E-state index is 13.7. The number of aromatic nitrogens is 3. The normalized spacial score (nSPS) is 15.5. The first kappa shape index (κ1) is 16.0. The van der Waals surface area contributed by atoms with Crippen molar-refractivity contribution in [3.8, 4) is 11.4 Å². The van der Waals surface area contributed by atoms with Gasteiger partial charge in [0.1, 0.15) is 5.82 Å². The fourth-order valence-corrected chi connectivity index (χ4v) is 3.34. The van der Waals surface area contributed by atoms with E-state index in [-0.39, 0.29) is 17.5 Å². The number of halogens is 1. The Morgan fingerprint density at radius 1 is 1.30 bits per heavy atom. The van der Waals surface area contributed by atoms with E-state index in [9.17, 15) is 9.18 Å². The topological polar surface area (TPSA) is 70.7 Å². The predicted molar refractivity (Wildman–Crippen MR) is 87.5 cm³/mol. The van der Waals surface area contributed by atoms with E-state index in [4.69, 9.17) is 0 Å².